The third-order valence-corrected chi connectivity index (χ3v) is 5.03. The molecule has 2 rings (SSSR count). The van der Waals surface area contributed by atoms with Gasteiger partial charge in [-0.15, -0.1) is 0 Å². The Morgan fingerprint density at radius 1 is 1.18 bits per heavy atom. The maximum absolute atomic E-state index is 10.4. The molecule has 0 radical (unpaired) electrons. The largest absolute Gasteiger partial charge is 0.390 e. The fraction of sp³-hybridized carbons (Fsp3) is 0.684. The average Bonchev–Trinajstić information content (AvgIpc) is 2.55. The Labute approximate surface area is 135 Å². The van der Waals surface area contributed by atoms with Gasteiger partial charge in [-0.2, -0.15) is 0 Å². The monoisotopic (exact) mass is 304 g/mol. The van der Waals surface area contributed by atoms with Crippen LogP contribution in [0.4, 0.5) is 0 Å². The lowest BCUT2D eigenvalue weighted by atomic mass is 9.78. The highest BCUT2D eigenvalue weighted by Crippen LogP contribution is 2.32. The topological polar surface area (TPSA) is 58.3 Å². The Kier molecular flexibility index (Phi) is 6.87. The van der Waals surface area contributed by atoms with Crippen LogP contribution in [0.1, 0.15) is 57.4 Å². The third-order valence-electron chi connectivity index (χ3n) is 5.03. The molecule has 0 aliphatic heterocycles. The molecule has 22 heavy (non-hydrogen) atoms. The summed E-state index contributed by atoms with van der Waals surface area (Å²) in [4.78, 5) is 0. The van der Waals surface area contributed by atoms with Crippen molar-refractivity contribution < 1.29 is 5.11 Å². The summed E-state index contributed by atoms with van der Waals surface area (Å²) in [6.07, 6.45) is 9.07. The van der Waals surface area contributed by atoms with E-state index in [1.54, 1.807) is 0 Å². The molecular formula is C19H32N2O. The van der Waals surface area contributed by atoms with Crippen LogP contribution in [-0.2, 0) is 6.42 Å². The lowest BCUT2D eigenvalue weighted by Crippen LogP contribution is -2.52. The maximum atomic E-state index is 10.4. The van der Waals surface area contributed by atoms with Gasteiger partial charge < -0.3 is 16.2 Å². The fourth-order valence-corrected chi connectivity index (χ4v) is 3.72. The predicted molar refractivity (Wildman–Crippen MR) is 92.9 cm³/mol. The highest BCUT2D eigenvalue weighted by Gasteiger charge is 2.31. The molecule has 0 bridgehead atoms. The first kappa shape index (κ1) is 17.5. The molecule has 1 aliphatic carbocycles. The molecule has 0 spiro atoms. The van der Waals surface area contributed by atoms with Crippen LogP contribution in [0.5, 0.6) is 0 Å². The van der Waals surface area contributed by atoms with Crippen molar-refractivity contribution in [2.75, 3.05) is 6.54 Å². The molecule has 3 heteroatoms. The maximum Gasteiger partial charge on any atom is 0.0818 e. The molecule has 1 fully saturated rings. The molecule has 124 valence electrons. The molecule has 1 aromatic rings. The molecule has 1 aliphatic rings. The summed E-state index contributed by atoms with van der Waals surface area (Å²) in [7, 11) is 0. The summed E-state index contributed by atoms with van der Waals surface area (Å²) in [5.41, 5.74) is 7.62. The van der Waals surface area contributed by atoms with Crippen molar-refractivity contribution in [3.05, 3.63) is 35.9 Å². The summed E-state index contributed by atoms with van der Waals surface area (Å²) < 4.78 is 0. The Bertz CT molecular complexity index is 409. The Balaban J connectivity index is 1.83. The van der Waals surface area contributed by atoms with E-state index in [4.69, 9.17) is 5.73 Å². The number of aliphatic hydroxyl groups is 1. The SMILES string of the molecule is CCCC1(NC[C@@H](O)[C@@H](N)Cc2ccccc2)CCCCC1. The Hall–Kier alpha value is -0.900. The highest BCUT2D eigenvalue weighted by atomic mass is 16.3. The zero-order valence-corrected chi connectivity index (χ0v) is 13.9. The minimum atomic E-state index is -0.490. The number of hydrogen-bond acceptors (Lipinski definition) is 3. The van der Waals surface area contributed by atoms with Crippen LogP contribution in [0.15, 0.2) is 30.3 Å². The van der Waals surface area contributed by atoms with Crippen LogP contribution in [-0.4, -0.2) is 29.3 Å². The molecule has 0 heterocycles. The molecule has 0 aromatic heterocycles. The van der Waals surface area contributed by atoms with Crippen LogP contribution >= 0.6 is 0 Å². The van der Waals surface area contributed by atoms with E-state index < -0.39 is 6.10 Å². The Morgan fingerprint density at radius 3 is 2.50 bits per heavy atom. The van der Waals surface area contributed by atoms with Crippen molar-refractivity contribution in [3.8, 4) is 0 Å². The van der Waals surface area contributed by atoms with E-state index in [-0.39, 0.29) is 11.6 Å². The van der Waals surface area contributed by atoms with Gasteiger partial charge in [0.05, 0.1) is 6.10 Å². The van der Waals surface area contributed by atoms with E-state index in [0.717, 1.165) is 6.42 Å². The van der Waals surface area contributed by atoms with Gasteiger partial charge in [0.2, 0.25) is 0 Å². The van der Waals surface area contributed by atoms with Gasteiger partial charge in [0.1, 0.15) is 0 Å². The normalized spacial score (nSPS) is 20.5. The second kappa shape index (κ2) is 8.66. The van der Waals surface area contributed by atoms with Crippen LogP contribution in [0, 0.1) is 0 Å². The van der Waals surface area contributed by atoms with E-state index >= 15 is 0 Å². The molecule has 1 aromatic carbocycles. The number of aliphatic hydroxyl groups excluding tert-OH is 1. The van der Waals surface area contributed by atoms with Crippen molar-refractivity contribution in [1.29, 1.82) is 0 Å². The number of nitrogens with two attached hydrogens (primary N) is 1. The van der Waals surface area contributed by atoms with Gasteiger partial charge in [-0.25, -0.2) is 0 Å². The minimum absolute atomic E-state index is 0.211. The predicted octanol–water partition coefficient (Wildman–Crippen LogP) is 3.01. The van der Waals surface area contributed by atoms with Gasteiger partial charge >= 0.3 is 0 Å². The van der Waals surface area contributed by atoms with Crippen molar-refractivity contribution in [2.45, 2.75) is 76.0 Å². The number of nitrogens with one attached hydrogen (secondary N) is 1. The van der Waals surface area contributed by atoms with E-state index in [1.807, 2.05) is 18.2 Å². The van der Waals surface area contributed by atoms with Crippen molar-refractivity contribution in [2.24, 2.45) is 5.73 Å². The first-order chi connectivity index (χ1) is 10.7. The van der Waals surface area contributed by atoms with Crippen molar-refractivity contribution in [1.82, 2.24) is 5.32 Å². The standard InChI is InChI=1S/C19H32N2O/c1-2-11-19(12-7-4-8-13-19)21-15-18(22)17(20)14-16-9-5-3-6-10-16/h3,5-6,9-10,17-18,21-22H,2,4,7-8,11-15,20H2,1H3/t17-,18+/m0/s1. The zero-order chi connectivity index (χ0) is 15.8. The van der Waals surface area contributed by atoms with Crippen molar-refractivity contribution in [3.63, 3.8) is 0 Å². The van der Waals surface area contributed by atoms with E-state index in [0.29, 0.717) is 6.54 Å². The molecule has 3 nitrogen and oxygen atoms in total. The minimum Gasteiger partial charge on any atom is -0.390 e. The third kappa shape index (κ3) is 5.08. The molecule has 0 unspecified atom stereocenters. The van der Waals surface area contributed by atoms with Gasteiger partial charge in [-0.05, 0) is 31.2 Å². The van der Waals surface area contributed by atoms with Crippen LogP contribution < -0.4 is 11.1 Å². The van der Waals surface area contributed by atoms with E-state index in [1.165, 1.54) is 50.5 Å². The summed E-state index contributed by atoms with van der Waals surface area (Å²) in [6, 6.07) is 9.97. The molecule has 0 amide bonds. The fourth-order valence-electron chi connectivity index (χ4n) is 3.72. The Morgan fingerprint density at radius 2 is 1.86 bits per heavy atom. The number of β-amino-alcohol motifs (C(OH)–C–C–N with tert-alkyl or cyclic N) is 1. The second-order valence-corrected chi connectivity index (χ2v) is 6.89. The number of rotatable bonds is 8. The van der Waals surface area contributed by atoms with Crippen LogP contribution in [0.25, 0.3) is 0 Å². The molecule has 1 saturated carbocycles. The first-order valence-electron chi connectivity index (χ1n) is 8.88. The van der Waals surface area contributed by atoms with Gasteiger partial charge in [0.15, 0.2) is 0 Å². The number of hydrogen-bond donors (Lipinski definition) is 3. The van der Waals surface area contributed by atoms with Gasteiger partial charge in [0.25, 0.3) is 0 Å². The lowest BCUT2D eigenvalue weighted by molar-refractivity contribution is 0.114. The van der Waals surface area contributed by atoms with Gasteiger partial charge in [0, 0.05) is 18.1 Å². The van der Waals surface area contributed by atoms with Crippen LogP contribution in [0.3, 0.4) is 0 Å². The summed E-state index contributed by atoms with van der Waals surface area (Å²) in [6.45, 7) is 2.85. The smallest absolute Gasteiger partial charge is 0.0818 e. The highest BCUT2D eigenvalue weighted by molar-refractivity contribution is 5.16. The second-order valence-electron chi connectivity index (χ2n) is 6.89. The van der Waals surface area contributed by atoms with E-state index in [2.05, 4.69) is 24.4 Å². The van der Waals surface area contributed by atoms with Gasteiger partial charge in [-0.1, -0.05) is 62.9 Å². The number of benzene rings is 1. The van der Waals surface area contributed by atoms with Crippen LogP contribution in [0.2, 0.25) is 0 Å². The molecule has 4 N–H and O–H groups in total. The zero-order valence-electron chi connectivity index (χ0n) is 13.9. The van der Waals surface area contributed by atoms with Crippen molar-refractivity contribution >= 4 is 0 Å². The van der Waals surface area contributed by atoms with E-state index in [9.17, 15) is 5.11 Å². The summed E-state index contributed by atoms with van der Waals surface area (Å²) in [5, 5.41) is 14.1. The summed E-state index contributed by atoms with van der Waals surface area (Å²) >= 11 is 0. The molecule has 0 saturated heterocycles. The lowest BCUT2D eigenvalue weighted by Gasteiger charge is -2.39. The first-order valence-corrected chi connectivity index (χ1v) is 8.88. The molecular weight excluding hydrogens is 272 g/mol. The molecule has 2 atom stereocenters. The summed E-state index contributed by atoms with van der Waals surface area (Å²) in [5.74, 6) is 0. The quantitative estimate of drug-likeness (QED) is 0.692. The van der Waals surface area contributed by atoms with Gasteiger partial charge in [-0.3, -0.25) is 0 Å². The average molecular weight is 304 g/mol.